The van der Waals surface area contributed by atoms with Gasteiger partial charge < -0.3 is 15.0 Å². The van der Waals surface area contributed by atoms with E-state index in [9.17, 15) is 17.6 Å². The van der Waals surface area contributed by atoms with Crippen LogP contribution in [-0.4, -0.2) is 63.9 Å². The minimum absolute atomic E-state index is 0.0792. The predicted molar refractivity (Wildman–Crippen MR) is 119 cm³/mol. The quantitative estimate of drug-likeness (QED) is 0.629. The molecular formula is C21H22FN3O4S2. The van der Waals surface area contributed by atoms with Gasteiger partial charge in [-0.15, -0.1) is 11.3 Å². The van der Waals surface area contributed by atoms with E-state index >= 15 is 0 Å². The largest absolute Gasteiger partial charge is 0.495 e. The van der Waals surface area contributed by atoms with E-state index in [1.807, 2.05) is 7.05 Å². The van der Waals surface area contributed by atoms with E-state index in [4.69, 9.17) is 4.74 Å². The Bertz CT molecular complexity index is 1230. The zero-order chi connectivity index (χ0) is 22.2. The Hall–Kier alpha value is -2.53. The topological polar surface area (TPSA) is 79.0 Å². The van der Waals surface area contributed by atoms with Crippen LogP contribution in [0.1, 0.15) is 9.67 Å². The van der Waals surface area contributed by atoms with Crippen molar-refractivity contribution in [2.24, 2.45) is 0 Å². The van der Waals surface area contributed by atoms with Crippen molar-refractivity contribution in [3.05, 3.63) is 53.2 Å². The maximum atomic E-state index is 14.0. The Morgan fingerprint density at radius 1 is 1.13 bits per heavy atom. The summed E-state index contributed by atoms with van der Waals surface area (Å²) in [4.78, 5) is 15.3. The fourth-order valence-electron chi connectivity index (χ4n) is 3.44. The maximum Gasteiger partial charge on any atom is 0.265 e. The number of nitrogens with zero attached hydrogens (tertiary/aromatic N) is 2. The van der Waals surface area contributed by atoms with Gasteiger partial charge in [0.15, 0.2) is 0 Å². The zero-order valence-corrected chi connectivity index (χ0v) is 18.7. The fourth-order valence-corrected chi connectivity index (χ4v) is 5.86. The molecule has 1 aliphatic rings. The maximum absolute atomic E-state index is 14.0. The number of hydrogen-bond acceptors (Lipinski definition) is 6. The number of hydrogen-bond donors (Lipinski definition) is 1. The van der Waals surface area contributed by atoms with Gasteiger partial charge in [0.25, 0.3) is 5.91 Å². The van der Waals surface area contributed by atoms with Gasteiger partial charge >= 0.3 is 0 Å². The molecule has 1 amide bonds. The Kier molecular flexibility index (Phi) is 5.98. The fraction of sp³-hybridized carbons (Fsp3) is 0.286. The number of halogens is 1. The summed E-state index contributed by atoms with van der Waals surface area (Å²) in [6, 6.07) is 10.5. The first-order chi connectivity index (χ1) is 14.8. The predicted octanol–water partition coefficient (Wildman–Crippen LogP) is 3.24. The van der Waals surface area contributed by atoms with Gasteiger partial charge in [0.1, 0.15) is 11.6 Å². The number of piperazine rings is 1. The number of sulfonamides is 1. The average Bonchev–Trinajstić information content (AvgIpc) is 3.20. The van der Waals surface area contributed by atoms with Gasteiger partial charge in [-0.2, -0.15) is 4.31 Å². The second kappa shape index (κ2) is 8.54. The third-order valence-electron chi connectivity index (χ3n) is 5.25. The summed E-state index contributed by atoms with van der Waals surface area (Å²) in [5.74, 6) is -0.531. The molecule has 0 saturated carbocycles. The van der Waals surface area contributed by atoms with Crippen LogP contribution in [0.15, 0.2) is 47.4 Å². The minimum atomic E-state index is -3.71. The summed E-state index contributed by atoms with van der Waals surface area (Å²) >= 11 is 1.16. The van der Waals surface area contributed by atoms with E-state index in [0.717, 1.165) is 11.3 Å². The van der Waals surface area contributed by atoms with E-state index in [1.165, 1.54) is 41.7 Å². The second-order valence-corrected chi connectivity index (χ2v) is 10.3. The molecule has 0 spiro atoms. The number of methoxy groups -OCH3 is 1. The number of thiophene rings is 1. The van der Waals surface area contributed by atoms with Crippen LogP contribution < -0.4 is 10.1 Å². The molecule has 7 nitrogen and oxygen atoms in total. The molecule has 1 saturated heterocycles. The first kappa shape index (κ1) is 21.7. The van der Waals surface area contributed by atoms with Crippen LogP contribution in [0.25, 0.3) is 10.1 Å². The number of nitrogens with one attached hydrogen (secondary N) is 1. The molecule has 10 heteroatoms. The van der Waals surface area contributed by atoms with Crippen LogP contribution in [0.5, 0.6) is 5.75 Å². The van der Waals surface area contributed by atoms with Crippen molar-refractivity contribution in [3.8, 4) is 5.75 Å². The number of carbonyl (C=O) groups excluding carboxylic acids is 1. The summed E-state index contributed by atoms with van der Waals surface area (Å²) < 4.78 is 47.5. The van der Waals surface area contributed by atoms with Crippen LogP contribution in [0.4, 0.5) is 10.1 Å². The number of ether oxygens (including phenoxy) is 1. The monoisotopic (exact) mass is 463 g/mol. The summed E-state index contributed by atoms with van der Waals surface area (Å²) in [6.45, 7) is 2.11. The van der Waals surface area contributed by atoms with Crippen LogP contribution >= 0.6 is 11.3 Å². The first-order valence-electron chi connectivity index (χ1n) is 9.66. The first-order valence-corrected chi connectivity index (χ1v) is 11.9. The summed E-state index contributed by atoms with van der Waals surface area (Å²) in [6.07, 6.45) is 0. The number of carbonyl (C=O) groups is 1. The third kappa shape index (κ3) is 4.29. The number of rotatable bonds is 5. The molecule has 2 aromatic carbocycles. The number of benzene rings is 2. The van der Waals surface area contributed by atoms with Crippen molar-refractivity contribution in [2.45, 2.75) is 4.90 Å². The van der Waals surface area contributed by atoms with Crippen molar-refractivity contribution in [2.75, 3.05) is 45.7 Å². The van der Waals surface area contributed by atoms with Gasteiger partial charge in [-0.1, -0.05) is 6.07 Å². The molecule has 0 atom stereocenters. The minimum Gasteiger partial charge on any atom is -0.495 e. The van der Waals surface area contributed by atoms with Gasteiger partial charge in [0.05, 0.1) is 22.6 Å². The summed E-state index contributed by atoms with van der Waals surface area (Å²) in [7, 11) is -0.318. The van der Waals surface area contributed by atoms with Crippen LogP contribution in [0.2, 0.25) is 0 Å². The lowest BCUT2D eigenvalue weighted by molar-refractivity contribution is 0.103. The molecule has 1 aromatic heterocycles. The Balaban J connectivity index is 1.63. The third-order valence-corrected chi connectivity index (χ3v) is 8.24. The van der Waals surface area contributed by atoms with Crippen LogP contribution in [0.3, 0.4) is 0 Å². The Morgan fingerprint density at radius 2 is 1.87 bits per heavy atom. The highest BCUT2D eigenvalue weighted by atomic mass is 32.2. The van der Waals surface area contributed by atoms with Gasteiger partial charge in [-0.25, -0.2) is 12.8 Å². The van der Waals surface area contributed by atoms with E-state index < -0.39 is 21.7 Å². The van der Waals surface area contributed by atoms with Gasteiger partial charge in [-0.3, -0.25) is 4.79 Å². The molecule has 0 bridgehead atoms. The van der Waals surface area contributed by atoms with Crippen molar-refractivity contribution >= 4 is 43.0 Å². The van der Waals surface area contributed by atoms with Gasteiger partial charge in [-0.05, 0) is 43.4 Å². The standard InChI is InChI=1S/C21H22FN3O4S2/c1-24-8-10-25(11-9-24)31(27,28)14-6-7-18(29-2)17(12-14)23-21(26)20-13-15-16(22)4-3-5-19(15)30-20/h3-7,12-13H,8-11H2,1-2H3,(H,23,26). The molecule has 164 valence electrons. The molecule has 4 rings (SSSR count). The lowest BCUT2D eigenvalue weighted by Crippen LogP contribution is -2.47. The van der Waals surface area contributed by atoms with Crippen molar-refractivity contribution in [3.63, 3.8) is 0 Å². The highest BCUT2D eigenvalue weighted by Crippen LogP contribution is 2.32. The Morgan fingerprint density at radius 3 is 2.55 bits per heavy atom. The molecule has 1 aliphatic heterocycles. The highest BCUT2D eigenvalue weighted by molar-refractivity contribution is 7.89. The van der Waals surface area contributed by atoms with Crippen LogP contribution in [0, 0.1) is 5.82 Å². The van der Waals surface area contributed by atoms with Crippen molar-refractivity contribution in [1.29, 1.82) is 0 Å². The van der Waals surface area contributed by atoms with E-state index in [-0.39, 0.29) is 10.6 Å². The zero-order valence-electron chi connectivity index (χ0n) is 17.1. The number of likely N-dealkylation sites (N-methyl/N-ethyl adjacent to an activating group) is 1. The number of amides is 1. The molecule has 2 heterocycles. The molecule has 0 unspecified atom stereocenters. The highest BCUT2D eigenvalue weighted by Gasteiger charge is 2.28. The molecule has 1 fully saturated rings. The number of fused-ring (bicyclic) bond motifs is 1. The SMILES string of the molecule is COc1ccc(S(=O)(=O)N2CCN(C)CC2)cc1NC(=O)c1cc2c(F)cccc2s1. The van der Waals surface area contributed by atoms with Crippen molar-refractivity contribution < 1.29 is 22.3 Å². The average molecular weight is 464 g/mol. The van der Waals surface area contributed by atoms with Crippen molar-refractivity contribution in [1.82, 2.24) is 9.21 Å². The molecule has 1 N–H and O–H groups in total. The van der Waals surface area contributed by atoms with Crippen LogP contribution in [-0.2, 0) is 10.0 Å². The van der Waals surface area contributed by atoms with Gasteiger partial charge in [0.2, 0.25) is 10.0 Å². The molecule has 31 heavy (non-hydrogen) atoms. The molecule has 3 aromatic rings. The van der Waals surface area contributed by atoms with Gasteiger partial charge in [0, 0.05) is 36.3 Å². The summed E-state index contributed by atoms with van der Waals surface area (Å²) in [5, 5.41) is 3.08. The van der Waals surface area contributed by atoms with E-state index in [0.29, 0.717) is 46.9 Å². The van der Waals surface area contributed by atoms with E-state index in [2.05, 4.69) is 10.2 Å². The molecular weight excluding hydrogens is 441 g/mol. The normalized spacial score (nSPS) is 15.8. The van der Waals surface area contributed by atoms with E-state index in [1.54, 1.807) is 12.1 Å². The lowest BCUT2D eigenvalue weighted by Gasteiger charge is -2.31. The summed E-state index contributed by atoms with van der Waals surface area (Å²) in [5.41, 5.74) is 0.237. The molecule has 0 radical (unpaired) electrons. The second-order valence-electron chi connectivity index (χ2n) is 7.29. The lowest BCUT2D eigenvalue weighted by atomic mass is 10.2. The number of anilines is 1. The Labute approximate surface area is 184 Å². The smallest absolute Gasteiger partial charge is 0.265 e. The molecule has 0 aliphatic carbocycles.